The predicted molar refractivity (Wildman–Crippen MR) is 72.6 cm³/mol. The van der Waals surface area contributed by atoms with E-state index in [9.17, 15) is 8.42 Å². The van der Waals surface area contributed by atoms with Gasteiger partial charge >= 0.3 is 0 Å². The molecular weight excluding hydrogens is 268 g/mol. The molecule has 0 amide bonds. The lowest BCUT2D eigenvalue weighted by molar-refractivity contribution is -0.00461. The average molecular weight is 292 g/mol. The summed E-state index contributed by atoms with van der Waals surface area (Å²) in [5, 5.41) is 2.85. The van der Waals surface area contributed by atoms with Crippen LogP contribution in [0.5, 0.6) is 0 Å². The Labute approximate surface area is 115 Å². The molecule has 1 saturated carbocycles. The normalized spacial score (nSPS) is 30.7. The summed E-state index contributed by atoms with van der Waals surface area (Å²) in [7, 11) is -0.105. The first-order valence-corrected chi connectivity index (χ1v) is 8.27. The lowest BCUT2D eigenvalue weighted by Gasteiger charge is -2.21. The molecule has 6 nitrogen and oxygen atoms in total. The second-order valence-corrected chi connectivity index (χ2v) is 7.75. The van der Waals surface area contributed by atoms with Crippen LogP contribution in [0.25, 0.3) is 0 Å². The summed E-state index contributed by atoms with van der Waals surface area (Å²) in [5.74, 6) is 0. The van der Waals surface area contributed by atoms with Crippen LogP contribution >= 0.6 is 0 Å². The molecule has 1 aliphatic carbocycles. The average Bonchev–Trinajstić information content (AvgIpc) is 3.12. The largest absolute Gasteiger partial charge is 0.377 e. The Morgan fingerprint density at radius 2 is 1.74 bits per heavy atom. The molecule has 19 heavy (non-hydrogen) atoms. The number of nitrogens with one attached hydrogen (secondary N) is 1. The SMILES string of the molecule is COC1CN(S(=O)(=O)C(C)CNC2CC2)CC1OC. The Kier molecular flexibility index (Phi) is 4.84. The van der Waals surface area contributed by atoms with Gasteiger partial charge in [-0.25, -0.2) is 8.42 Å². The van der Waals surface area contributed by atoms with Crippen molar-refractivity contribution in [3.05, 3.63) is 0 Å². The van der Waals surface area contributed by atoms with Gasteiger partial charge in [0.25, 0.3) is 0 Å². The van der Waals surface area contributed by atoms with Crippen LogP contribution in [-0.2, 0) is 19.5 Å². The minimum Gasteiger partial charge on any atom is -0.377 e. The minimum absolute atomic E-state index is 0.177. The molecule has 0 spiro atoms. The molecule has 1 saturated heterocycles. The van der Waals surface area contributed by atoms with Gasteiger partial charge in [-0.3, -0.25) is 0 Å². The van der Waals surface area contributed by atoms with Gasteiger partial charge in [0.15, 0.2) is 0 Å². The zero-order valence-corrected chi connectivity index (χ0v) is 12.6. The Balaban J connectivity index is 1.94. The first-order chi connectivity index (χ1) is 8.98. The van der Waals surface area contributed by atoms with E-state index >= 15 is 0 Å². The first-order valence-electron chi connectivity index (χ1n) is 6.77. The molecule has 1 heterocycles. The lowest BCUT2D eigenvalue weighted by atomic mass is 10.3. The molecule has 2 aliphatic rings. The van der Waals surface area contributed by atoms with Crippen LogP contribution in [0.1, 0.15) is 19.8 Å². The van der Waals surface area contributed by atoms with Gasteiger partial charge < -0.3 is 14.8 Å². The quantitative estimate of drug-likeness (QED) is 0.704. The molecule has 2 fully saturated rings. The molecule has 0 bridgehead atoms. The molecule has 0 aromatic carbocycles. The molecular formula is C12H24N2O4S. The fraction of sp³-hybridized carbons (Fsp3) is 1.00. The van der Waals surface area contributed by atoms with Crippen molar-refractivity contribution in [2.24, 2.45) is 0 Å². The number of ether oxygens (including phenoxy) is 2. The zero-order valence-electron chi connectivity index (χ0n) is 11.8. The topological polar surface area (TPSA) is 67.9 Å². The van der Waals surface area contributed by atoms with E-state index in [1.807, 2.05) is 0 Å². The molecule has 3 unspecified atom stereocenters. The minimum atomic E-state index is -3.28. The van der Waals surface area contributed by atoms with E-state index in [2.05, 4.69) is 5.32 Å². The van der Waals surface area contributed by atoms with E-state index in [0.717, 1.165) is 12.8 Å². The first kappa shape index (κ1) is 15.2. The van der Waals surface area contributed by atoms with Crippen molar-refractivity contribution in [1.29, 1.82) is 0 Å². The summed E-state index contributed by atoms with van der Waals surface area (Å²) >= 11 is 0. The molecule has 7 heteroatoms. The van der Waals surface area contributed by atoms with E-state index in [1.54, 1.807) is 21.1 Å². The van der Waals surface area contributed by atoms with Gasteiger partial charge in [-0.1, -0.05) is 0 Å². The Hall–Kier alpha value is -0.210. The predicted octanol–water partition coefficient (Wildman–Crippen LogP) is -0.198. The van der Waals surface area contributed by atoms with Crippen molar-refractivity contribution < 1.29 is 17.9 Å². The third-order valence-corrected chi connectivity index (χ3v) is 6.13. The number of methoxy groups -OCH3 is 2. The molecule has 0 aromatic heterocycles. The van der Waals surface area contributed by atoms with Crippen molar-refractivity contribution in [3.63, 3.8) is 0 Å². The highest BCUT2D eigenvalue weighted by atomic mass is 32.2. The van der Waals surface area contributed by atoms with Crippen molar-refractivity contribution in [2.45, 2.75) is 43.3 Å². The number of rotatable bonds is 7. The van der Waals surface area contributed by atoms with Crippen LogP contribution in [0, 0.1) is 0 Å². The summed E-state index contributed by atoms with van der Waals surface area (Å²) in [6, 6.07) is 0.523. The van der Waals surface area contributed by atoms with E-state index < -0.39 is 15.3 Å². The van der Waals surface area contributed by atoms with Gasteiger partial charge in [-0.2, -0.15) is 4.31 Å². The van der Waals surface area contributed by atoms with Crippen LogP contribution in [0.2, 0.25) is 0 Å². The third-order valence-electron chi connectivity index (χ3n) is 3.93. The van der Waals surface area contributed by atoms with Gasteiger partial charge in [-0.05, 0) is 19.8 Å². The van der Waals surface area contributed by atoms with E-state index in [1.165, 1.54) is 4.31 Å². The van der Waals surface area contributed by atoms with Crippen molar-refractivity contribution in [2.75, 3.05) is 33.9 Å². The van der Waals surface area contributed by atoms with E-state index in [4.69, 9.17) is 9.47 Å². The maximum Gasteiger partial charge on any atom is 0.218 e. The highest BCUT2D eigenvalue weighted by molar-refractivity contribution is 7.89. The van der Waals surface area contributed by atoms with Gasteiger partial charge in [0, 0.05) is 39.9 Å². The van der Waals surface area contributed by atoms with Crippen LogP contribution in [-0.4, -0.2) is 70.1 Å². The van der Waals surface area contributed by atoms with E-state index in [-0.39, 0.29) is 12.2 Å². The van der Waals surface area contributed by atoms with Gasteiger partial charge in [0.2, 0.25) is 10.0 Å². The smallest absolute Gasteiger partial charge is 0.218 e. The summed E-state index contributed by atoms with van der Waals surface area (Å²) in [6.07, 6.45) is 1.97. The Morgan fingerprint density at radius 1 is 1.21 bits per heavy atom. The fourth-order valence-corrected chi connectivity index (χ4v) is 3.88. The summed E-state index contributed by atoms with van der Waals surface area (Å²) in [5.41, 5.74) is 0. The second kappa shape index (κ2) is 6.05. The van der Waals surface area contributed by atoms with Crippen molar-refractivity contribution in [3.8, 4) is 0 Å². The molecule has 0 aromatic rings. The van der Waals surface area contributed by atoms with Crippen molar-refractivity contribution in [1.82, 2.24) is 9.62 Å². The molecule has 2 rings (SSSR count). The van der Waals surface area contributed by atoms with Crippen LogP contribution in [0.4, 0.5) is 0 Å². The highest BCUT2D eigenvalue weighted by Crippen LogP contribution is 2.22. The molecule has 0 radical (unpaired) electrons. The summed E-state index contributed by atoms with van der Waals surface area (Å²) < 4.78 is 37.0. The van der Waals surface area contributed by atoms with Gasteiger partial charge in [0.1, 0.15) is 0 Å². The third kappa shape index (κ3) is 3.46. The van der Waals surface area contributed by atoms with Crippen LogP contribution < -0.4 is 5.32 Å². The van der Waals surface area contributed by atoms with E-state index in [0.29, 0.717) is 25.7 Å². The van der Waals surface area contributed by atoms with Gasteiger partial charge in [-0.15, -0.1) is 0 Å². The summed E-state index contributed by atoms with van der Waals surface area (Å²) in [4.78, 5) is 0. The second-order valence-electron chi connectivity index (χ2n) is 5.40. The molecule has 112 valence electrons. The van der Waals surface area contributed by atoms with Crippen LogP contribution in [0.3, 0.4) is 0 Å². The lowest BCUT2D eigenvalue weighted by Crippen LogP contribution is -2.42. The maximum atomic E-state index is 12.5. The Morgan fingerprint density at radius 3 is 2.16 bits per heavy atom. The fourth-order valence-electron chi connectivity index (χ4n) is 2.35. The number of sulfonamides is 1. The van der Waals surface area contributed by atoms with Gasteiger partial charge in [0.05, 0.1) is 17.5 Å². The molecule has 3 atom stereocenters. The Bertz CT molecular complexity index is 385. The number of nitrogens with zero attached hydrogens (tertiary/aromatic N) is 1. The number of hydrogen-bond donors (Lipinski definition) is 1. The standard InChI is InChI=1S/C12H24N2O4S/c1-9(6-13-10-4-5-10)19(15,16)14-7-11(17-2)12(8-14)18-3/h9-13H,4-8H2,1-3H3. The monoisotopic (exact) mass is 292 g/mol. The van der Waals surface area contributed by atoms with Crippen molar-refractivity contribution >= 4 is 10.0 Å². The molecule has 1 aliphatic heterocycles. The molecule has 1 N–H and O–H groups in total. The number of hydrogen-bond acceptors (Lipinski definition) is 5. The van der Waals surface area contributed by atoms with Crippen LogP contribution in [0.15, 0.2) is 0 Å². The maximum absolute atomic E-state index is 12.5. The summed E-state index contributed by atoms with van der Waals surface area (Å²) in [6.45, 7) is 3.03. The zero-order chi connectivity index (χ0) is 14.0. The highest BCUT2D eigenvalue weighted by Gasteiger charge is 2.41.